The third-order valence-corrected chi connectivity index (χ3v) is 2.08. The number of nitrogens with two attached hydrogens (primary N) is 1. The van der Waals surface area contributed by atoms with Crippen LogP contribution >= 0.6 is 11.6 Å². The van der Waals surface area contributed by atoms with Crippen LogP contribution in [0.25, 0.3) is 6.08 Å². The summed E-state index contributed by atoms with van der Waals surface area (Å²) >= 11 is 5.69. The normalized spacial score (nSPS) is 11.2. The second-order valence-corrected chi connectivity index (χ2v) is 3.47. The largest absolute Gasteiger partial charge is 0.365 e. The zero-order valence-corrected chi connectivity index (χ0v) is 8.91. The maximum Gasteiger partial charge on any atom is 0.252 e. The average molecular weight is 224 g/mol. The molecule has 0 spiro atoms. The van der Waals surface area contributed by atoms with Crippen molar-refractivity contribution in [1.29, 1.82) is 0 Å². The summed E-state index contributed by atoms with van der Waals surface area (Å²) < 4.78 is 0. The molecule has 1 rings (SSSR count). The van der Waals surface area contributed by atoms with Crippen LogP contribution in [0.1, 0.15) is 12.5 Å². The molecular formula is C11H10ClNO2. The molecule has 1 aromatic carbocycles. The van der Waals surface area contributed by atoms with Crippen LogP contribution in [0.3, 0.4) is 0 Å². The van der Waals surface area contributed by atoms with Crippen molar-refractivity contribution >= 4 is 29.4 Å². The molecule has 1 amide bonds. The van der Waals surface area contributed by atoms with Gasteiger partial charge < -0.3 is 5.73 Å². The summed E-state index contributed by atoms with van der Waals surface area (Å²) in [5, 5.41) is 0.593. The molecule has 0 atom stereocenters. The van der Waals surface area contributed by atoms with Gasteiger partial charge in [0.25, 0.3) is 5.91 Å². The number of Topliss-reactive ketones (excluding diaryl/α,β-unsaturated/α-hetero) is 1. The van der Waals surface area contributed by atoms with Gasteiger partial charge in [0.1, 0.15) is 0 Å². The maximum atomic E-state index is 11.1. The summed E-state index contributed by atoms with van der Waals surface area (Å²) in [7, 11) is 0. The van der Waals surface area contributed by atoms with Crippen molar-refractivity contribution in [3.63, 3.8) is 0 Å². The average Bonchev–Trinajstić information content (AvgIpc) is 2.15. The number of primary amides is 1. The number of hydrogen-bond acceptors (Lipinski definition) is 2. The van der Waals surface area contributed by atoms with E-state index in [0.29, 0.717) is 10.6 Å². The minimum Gasteiger partial charge on any atom is -0.365 e. The topological polar surface area (TPSA) is 60.2 Å². The molecule has 0 unspecified atom stereocenters. The molecule has 4 heteroatoms. The molecule has 0 saturated carbocycles. The van der Waals surface area contributed by atoms with E-state index in [0.717, 1.165) is 0 Å². The van der Waals surface area contributed by atoms with E-state index in [1.165, 1.54) is 13.0 Å². The molecule has 0 saturated heterocycles. The number of carbonyl (C=O) groups excluding carboxylic acids is 2. The molecule has 0 aromatic heterocycles. The van der Waals surface area contributed by atoms with E-state index < -0.39 is 5.91 Å². The van der Waals surface area contributed by atoms with E-state index in [1.54, 1.807) is 24.3 Å². The van der Waals surface area contributed by atoms with Gasteiger partial charge in [-0.05, 0) is 30.7 Å². The summed E-state index contributed by atoms with van der Waals surface area (Å²) in [4.78, 5) is 22.0. The van der Waals surface area contributed by atoms with Gasteiger partial charge in [-0.1, -0.05) is 23.7 Å². The number of carbonyl (C=O) groups is 2. The van der Waals surface area contributed by atoms with Crippen molar-refractivity contribution in [2.75, 3.05) is 0 Å². The van der Waals surface area contributed by atoms with Crippen LogP contribution in [0.4, 0.5) is 0 Å². The van der Waals surface area contributed by atoms with Crippen LogP contribution in [0.2, 0.25) is 5.02 Å². The van der Waals surface area contributed by atoms with E-state index in [4.69, 9.17) is 17.3 Å². The van der Waals surface area contributed by atoms with Crippen molar-refractivity contribution in [1.82, 2.24) is 0 Å². The van der Waals surface area contributed by atoms with Gasteiger partial charge in [-0.25, -0.2) is 0 Å². The van der Waals surface area contributed by atoms with Crippen LogP contribution in [-0.4, -0.2) is 11.7 Å². The van der Waals surface area contributed by atoms with Crippen molar-refractivity contribution in [3.05, 3.63) is 40.4 Å². The molecule has 2 N–H and O–H groups in total. The highest BCUT2D eigenvalue weighted by molar-refractivity contribution is 6.30. The molecule has 78 valence electrons. The van der Waals surface area contributed by atoms with Gasteiger partial charge in [-0.15, -0.1) is 0 Å². The van der Waals surface area contributed by atoms with Crippen molar-refractivity contribution in [2.24, 2.45) is 5.73 Å². The van der Waals surface area contributed by atoms with Crippen LogP contribution in [-0.2, 0) is 9.59 Å². The first-order chi connectivity index (χ1) is 7.00. The minimum atomic E-state index is -0.725. The fraction of sp³-hybridized carbons (Fsp3) is 0.0909. The highest BCUT2D eigenvalue weighted by atomic mass is 35.5. The fourth-order valence-electron chi connectivity index (χ4n) is 1.07. The Kier molecular flexibility index (Phi) is 3.63. The second-order valence-electron chi connectivity index (χ2n) is 3.03. The molecule has 0 heterocycles. The third-order valence-electron chi connectivity index (χ3n) is 1.83. The summed E-state index contributed by atoms with van der Waals surface area (Å²) in [6, 6.07) is 6.75. The molecule has 3 nitrogen and oxygen atoms in total. The van der Waals surface area contributed by atoms with Crippen LogP contribution < -0.4 is 5.73 Å². The van der Waals surface area contributed by atoms with Gasteiger partial charge >= 0.3 is 0 Å². The van der Waals surface area contributed by atoms with Crippen molar-refractivity contribution < 1.29 is 9.59 Å². The number of halogens is 1. The van der Waals surface area contributed by atoms with E-state index >= 15 is 0 Å². The van der Waals surface area contributed by atoms with E-state index in [9.17, 15) is 9.59 Å². The Morgan fingerprint density at radius 2 is 1.80 bits per heavy atom. The molecule has 0 bridgehead atoms. The Labute approximate surface area is 92.5 Å². The number of rotatable bonds is 3. The predicted octanol–water partition coefficient (Wildman–Crippen LogP) is 1.80. The summed E-state index contributed by atoms with van der Waals surface area (Å²) in [5.41, 5.74) is 5.76. The zero-order valence-electron chi connectivity index (χ0n) is 8.16. The Hall–Kier alpha value is -1.61. The monoisotopic (exact) mass is 223 g/mol. The highest BCUT2D eigenvalue weighted by Gasteiger charge is 2.09. The minimum absolute atomic E-state index is 0.0164. The summed E-state index contributed by atoms with van der Waals surface area (Å²) in [6.45, 7) is 1.30. The van der Waals surface area contributed by atoms with Crippen molar-refractivity contribution in [2.45, 2.75) is 6.92 Å². The molecule has 0 fully saturated rings. The summed E-state index contributed by atoms with van der Waals surface area (Å²) in [5.74, 6) is -1.07. The predicted molar refractivity (Wildman–Crippen MR) is 59.3 cm³/mol. The van der Waals surface area contributed by atoms with Crippen LogP contribution in [0, 0.1) is 0 Å². The Balaban J connectivity index is 3.08. The second kappa shape index (κ2) is 4.75. The molecule has 0 aliphatic carbocycles. The lowest BCUT2D eigenvalue weighted by Gasteiger charge is -1.98. The first-order valence-corrected chi connectivity index (χ1v) is 4.66. The van der Waals surface area contributed by atoms with Gasteiger partial charge in [0.15, 0.2) is 5.78 Å². The van der Waals surface area contributed by atoms with Crippen LogP contribution in [0.5, 0.6) is 0 Å². The molecule has 0 aliphatic heterocycles. The molecule has 1 aromatic rings. The van der Waals surface area contributed by atoms with E-state index in [1.807, 2.05) is 0 Å². The summed E-state index contributed by atoms with van der Waals surface area (Å²) in [6.07, 6.45) is 1.45. The molecule has 15 heavy (non-hydrogen) atoms. The van der Waals surface area contributed by atoms with E-state index in [2.05, 4.69) is 0 Å². The quantitative estimate of drug-likeness (QED) is 0.483. The highest BCUT2D eigenvalue weighted by Crippen LogP contribution is 2.12. The van der Waals surface area contributed by atoms with Gasteiger partial charge in [-0.2, -0.15) is 0 Å². The fourth-order valence-corrected chi connectivity index (χ4v) is 1.20. The Morgan fingerprint density at radius 1 is 1.27 bits per heavy atom. The number of ketones is 1. The molecule has 0 radical (unpaired) electrons. The van der Waals surface area contributed by atoms with Crippen LogP contribution in [0.15, 0.2) is 29.8 Å². The van der Waals surface area contributed by atoms with Crippen molar-refractivity contribution in [3.8, 4) is 0 Å². The smallest absolute Gasteiger partial charge is 0.252 e. The Bertz CT molecular complexity index is 405. The number of benzene rings is 1. The lowest BCUT2D eigenvalue weighted by molar-refractivity contribution is -0.119. The van der Waals surface area contributed by atoms with E-state index in [-0.39, 0.29) is 11.4 Å². The van der Waals surface area contributed by atoms with Gasteiger partial charge in [0.05, 0.1) is 5.57 Å². The molecule has 0 aliphatic rings. The lowest BCUT2D eigenvalue weighted by atomic mass is 10.1. The standard InChI is InChI=1S/C11H10ClNO2/c1-7(14)10(11(13)15)6-8-2-4-9(12)5-3-8/h2-6H,1H3,(H2,13,15). The number of amides is 1. The van der Waals surface area contributed by atoms with Gasteiger partial charge in [0, 0.05) is 5.02 Å². The maximum absolute atomic E-state index is 11.1. The molecular weight excluding hydrogens is 214 g/mol. The SMILES string of the molecule is CC(=O)C(=Cc1ccc(Cl)cc1)C(N)=O. The lowest BCUT2D eigenvalue weighted by Crippen LogP contribution is -2.18. The number of hydrogen-bond donors (Lipinski definition) is 1. The third kappa shape index (κ3) is 3.22. The first kappa shape index (κ1) is 11.5. The van der Waals surface area contributed by atoms with Gasteiger partial charge in [-0.3, -0.25) is 9.59 Å². The Morgan fingerprint density at radius 3 is 2.20 bits per heavy atom. The first-order valence-electron chi connectivity index (χ1n) is 4.28. The van der Waals surface area contributed by atoms with Gasteiger partial charge in [0.2, 0.25) is 0 Å². The zero-order chi connectivity index (χ0) is 11.4.